The molecule has 0 unspecified atom stereocenters. The predicted molar refractivity (Wildman–Crippen MR) is 93.8 cm³/mol. The number of rotatable bonds is 4. The van der Waals surface area contributed by atoms with Gasteiger partial charge in [0.05, 0.1) is 11.9 Å². The maximum atomic E-state index is 12.4. The SMILES string of the molecule is Cc1ccc2c(COC(=O)c3cn[nH]c3C(C)C)cc(=O)oc2c1C. The van der Waals surface area contributed by atoms with E-state index in [1.165, 1.54) is 12.3 Å². The number of carbonyl (C=O) groups is 1. The zero-order chi connectivity index (χ0) is 18.1. The van der Waals surface area contributed by atoms with E-state index < -0.39 is 11.6 Å². The van der Waals surface area contributed by atoms with Crippen LogP contribution in [0.2, 0.25) is 0 Å². The van der Waals surface area contributed by atoms with E-state index in [1.54, 1.807) is 0 Å². The molecule has 0 saturated heterocycles. The van der Waals surface area contributed by atoms with E-state index in [0.29, 0.717) is 16.7 Å². The van der Waals surface area contributed by atoms with E-state index in [1.807, 2.05) is 39.8 Å². The van der Waals surface area contributed by atoms with Crippen molar-refractivity contribution in [3.8, 4) is 0 Å². The van der Waals surface area contributed by atoms with E-state index in [4.69, 9.17) is 9.15 Å². The van der Waals surface area contributed by atoms with Gasteiger partial charge in [-0.25, -0.2) is 9.59 Å². The van der Waals surface area contributed by atoms with E-state index in [0.717, 1.165) is 22.2 Å². The Kier molecular flexibility index (Phi) is 4.44. The Hall–Kier alpha value is -2.89. The van der Waals surface area contributed by atoms with Crippen molar-refractivity contribution in [2.75, 3.05) is 0 Å². The molecule has 0 spiro atoms. The molecule has 0 aliphatic rings. The van der Waals surface area contributed by atoms with Crippen LogP contribution in [0, 0.1) is 13.8 Å². The first kappa shape index (κ1) is 17.0. The van der Waals surface area contributed by atoms with Crippen LogP contribution < -0.4 is 5.63 Å². The number of fused-ring (bicyclic) bond motifs is 1. The molecule has 0 aliphatic carbocycles. The molecule has 0 amide bonds. The van der Waals surface area contributed by atoms with Gasteiger partial charge in [0.1, 0.15) is 17.8 Å². The molecule has 3 aromatic rings. The van der Waals surface area contributed by atoms with Gasteiger partial charge in [-0.05, 0) is 30.9 Å². The monoisotopic (exact) mass is 340 g/mol. The Morgan fingerprint density at radius 2 is 2.08 bits per heavy atom. The number of aromatic nitrogens is 2. The molecule has 25 heavy (non-hydrogen) atoms. The van der Waals surface area contributed by atoms with Crippen molar-refractivity contribution >= 4 is 16.9 Å². The number of nitrogens with one attached hydrogen (secondary N) is 1. The molecule has 0 fully saturated rings. The Morgan fingerprint density at radius 3 is 2.80 bits per heavy atom. The molecule has 6 nitrogen and oxygen atoms in total. The van der Waals surface area contributed by atoms with Crippen LogP contribution in [-0.4, -0.2) is 16.2 Å². The Bertz CT molecular complexity index is 998. The Morgan fingerprint density at radius 1 is 1.32 bits per heavy atom. The fourth-order valence-electron chi connectivity index (χ4n) is 2.76. The summed E-state index contributed by atoms with van der Waals surface area (Å²) in [6.07, 6.45) is 1.46. The van der Waals surface area contributed by atoms with Crippen LogP contribution in [0.25, 0.3) is 11.0 Å². The molecular weight excluding hydrogens is 320 g/mol. The summed E-state index contributed by atoms with van der Waals surface area (Å²) in [6.45, 7) is 7.77. The van der Waals surface area contributed by atoms with Gasteiger partial charge in [0, 0.05) is 17.0 Å². The third-order valence-corrected chi connectivity index (χ3v) is 4.34. The minimum atomic E-state index is -0.470. The fourth-order valence-corrected chi connectivity index (χ4v) is 2.76. The molecule has 0 bridgehead atoms. The zero-order valence-electron chi connectivity index (χ0n) is 14.7. The molecule has 1 N–H and O–H groups in total. The van der Waals surface area contributed by atoms with Gasteiger partial charge in [-0.2, -0.15) is 5.10 Å². The lowest BCUT2D eigenvalue weighted by atomic mass is 10.0. The second kappa shape index (κ2) is 6.55. The van der Waals surface area contributed by atoms with E-state index in [2.05, 4.69) is 10.2 Å². The lowest BCUT2D eigenvalue weighted by Crippen LogP contribution is -2.10. The van der Waals surface area contributed by atoms with Crippen molar-refractivity contribution in [2.45, 2.75) is 40.2 Å². The number of ether oxygens (including phenoxy) is 1. The number of H-pyrrole nitrogens is 1. The zero-order valence-corrected chi connectivity index (χ0v) is 14.7. The lowest BCUT2D eigenvalue weighted by molar-refractivity contribution is 0.0472. The summed E-state index contributed by atoms with van der Waals surface area (Å²) < 4.78 is 10.7. The summed E-state index contributed by atoms with van der Waals surface area (Å²) in [5.74, 6) is -0.344. The summed E-state index contributed by atoms with van der Waals surface area (Å²) in [4.78, 5) is 24.2. The summed E-state index contributed by atoms with van der Waals surface area (Å²) >= 11 is 0. The minimum Gasteiger partial charge on any atom is -0.457 e. The first-order chi connectivity index (χ1) is 11.9. The second-order valence-corrected chi connectivity index (χ2v) is 6.40. The predicted octanol–water partition coefficient (Wildman–Crippen LogP) is 3.61. The first-order valence-corrected chi connectivity index (χ1v) is 8.11. The smallest absolute Gasteiger partial charge is 0.341 e. The highest BCUT2D eigenvalue weighted by Gasteiger charge is 2.18. The van der Waals surface area contributed by atoms with Crippen LogP contribution in [0.5, 0.6) is 0 Å². The van der Waals surface area contributed by atoms with Gasteiger partial charge in [0.25, 0.3) is 0 Å². The molecule has 0 radical (unpaired) electrons. The number of aromatic amines is 1. The van der Waals surface area contributed by atoms with Gasteiger partial charge >= 0.3 is 11.6 Å². The average molecular weight is 340 g/mol. The van der Waals surface area contributed by atoms with Crippen LogP contribution in [-0.2, 0) is 11.3 Å². The molecule has 2 aromatic heterocycles. The summed E-state index contributed by atoms with van der Waals surface area (Å²) in [7, 11) is 0. The fraction of sp³-hybridized carbons (Fsp3) is 0.316. The number of nitrogens with zero attached hydrogens (tertiary/aromatic N) is 1. The molecular formula is C19H20N2O4. The van der Waals surface area contributed by atoms with Crippen LogP contribution in [0.3, 0.4) is 0 Å². The molecule has 130 valence electrons. The molecule has 0 atom stereocenters. The van der Waals surface area contributed by atoms with Crippen LogP contribution in [0.15, 0.2) is 33.6 Å². The lowest BCUT2D eigenvalue weighted by Gasteiger charge is -2.10. The van der Waals surface area contributed by atoms with E-state index in [9.17, 15) is 9.59 Å². The maximum absolute atomic E-state index is 12.4. The average Bonchev–Trinajstić information content (AvgIpc) is 3.06. The van der Waals surface area contributed by atoms with Crippen LogP contribution in [0.4, 0.5) is 0 Å². The Balaban J connectivity index is 1.91. The van der Waals surface area contributed by atoms with E-state index >= 15 is 0 Å². The van der Waals surface area contributed by atoms with Crippen molar-refractivity contribution in [2.24, 2.45) is 0 Å². The van der Waals surface area contributed by atoms with Crippen LogP contribution >= 0.6 is 0 Å². The topological polar surface area (TPSA) is 85.2 Å². The van der Waals surface area contributed by atoms with Crippen molar-refractivity contribution in [1.29, 1.82) is 0 Å². The van der Waals surface area contributed by atoms with Gasteiger partial charge in [0.2, 0.25) is 0 Å². The van der Waals surface area contributed by atoms with Crippen molar-refractivity contribution in [3.63, 3.8) is 0 Å². The number of esters is 1. The molecule has 3 rings (SSSR count). The number of hydrogen-bond donors (Lipinski definition) is 1. The van der Waals surface area contributed by atoms with Gasteiger partial charge in [-0.1, -0.05) is 26.0 Å². The highest BCUT2D eigenvalue weighted by molar-refractivity contribution is 5.91. The van der Waals surface area contributed by atoms with Crippen molar-refractivity contribution < 1.29 is 13.9 Å². The minimum absolute atomic E-state index is 0.00779. The first-order valence-electron chi connectivity index (χ1n) is 8.11. The van der Waals surface area contributed by atoms with Gasteiger partial charge in [-0.15, -0.1) is 0 Å². The highest BCUT2D eigenvalue weighted by atomic mass is 16.5. The number of benzene rings is 1. The highest BCUT2D eigenvalue weighted by Crippen LogP contribution is 2.24. The molecule has 1 aromatic carbocycles. The van der Waals surface area contributed by atoms with Crippen LogP contribution in [0.1, 0.15) is 52.5 Å². The summed E-state index contributed by atoms with van der Waals surface area (Å²) in [6, 6.07) is 5.19. The van der Waals surface area contributed by atoms with Crippen molar-refractivity contribution in [3.05, 3.63) is 62.8 Å². The van der Waals surface area contributed by atoms with Crippen molar-refractivity contribution in [1.82, 2.24) is 10.2 Å². The molecule has 2 heterocycles. The Labute approximate surface area is 144 Å². The maximum Gasteiger partial charge on any atom is 0.341 e. The van der Waals surface area contributed by atoms with Gasteiger partial charge in [-0.3, -0.25) is 5.10 Å². The number of hydrogen-bond acceptors (Lipinski definition) is 5. The summed E-state index contributed by atoms with van der Waals surface area (Å²) in [5, 5.41) is 7.51. The largest absolute Gasteiger partial charge is 0.457 e. The molecule has 6 heteroatoms. The second-order valence-electron chi connectivity index (χ2n) is 6.40. The number of aryl methyl sites for hydroxylation is 2. The molecule has 0 aliphatic heterocycles. The summed E-state index contributed by atoms with van der Waals surface area (Å²) in [5.41, 5.74) is 3.77. The van der Waals surface area contributed by atoms with E-state index in [-0.39, 0.29) is 12.5 Å². The molecule has 0 saturated carbocycles. The van der Waals surface area contributed by atoms with Gasteiger partial charge in [0.15, 0.2) is 0 Å². The normalized spacial score (nSPS) is 11.2. The van der Waals surface area contributed by atoms with Gasteiger partial charge < -0.3 is 9.15 Å². The number of carbonyl (C=O) groups excluding carboxylic acids is 1. The third-order valence-electron chi connectivity index (χ3n) is 4.34. The quantitative estimate of drug-likeness (QED) is 0.579. The third kappa shape index (κ3) is 3.20. The standard InChI is InChI=1S/C19H20N2O4/c1-10(2)17-15(8-20-21-17)19(23)24-9-13-7-16(22)25-18-12(4)11(3)5-6-14(13)18/h5-8,10H,9H2,1-4H3,(H,20,21).